The van der Waals surface area contributed by atoms with Crippen molar-refractivity contribution in [2.24, 2.45) is 0 Å². The number of hydrogen-bond acceptors (Lipinski definition) is 7. The molecule has 4 rings (SSSR count). The van der Waals surface area contributed by atoms with E-state index in [1.54, 1.807) is 12.1 Å². The van der Waals surface area contributed by atoms with Gasteiger partial charge >= 0.3 is 5.97 Å². The van der Waals surface area contributed by atoms with E-state index in [2.05, 4.69) is 15.3 Å². The van der Waals surface area contributed by atoms with Crippen molar-refractivity contribution in [2.45, 2.75) is 19.1 Å². The Morgan fingerprint density at radius 3 is 2.55 bits per heavy atom. The number of nitrogens with one attached hydrogen (secondary N) is 1. The Morgan fingerprint density at radius 1 is 1.00 bits per heavy atom. The zero-order valence-electron chi connectivity index (χ0n) is 16.5. The van der Waals surface area contributed by atoms with Gasteiger partial charge in [0, 0.05) is 11.8 Å². The van der Waals surface area contributed by atoms with E-state index < -0.39 is 17.9 Å². The number of anilines is 1. The van der Waals surface area contributed by atoms with Crippen LogP contribution < -0.4 is 11.1 Å². The van der Waals surface area contributed by atoms with Crippen LogP contribution in [0.2, 0.25) is 0 Å². The summed E-state index contributed by atoms with van der Waals surface area (Å²) in [5.41, 5.74) is 7.52. The van der Waals surface area contributed by atoms with Crippen LogP contribution in [0, 0.1) is 0 Å². The SMILES string of the molecule is Nc1nc(COC(=O)[C@H](Cc2ccccc2)NC(=O)c2ccco2)nc2ccccc12. The topological polar surface area (TPSA) is 120 Å². The van der Waals surface area contributed by atoms with Gasteiger partial charge in [-0.05, 0) is 29.8 Å². The van der Waals surface area contributed by atoms with Crippen LogP contribution >= 0.6 is 0 Å². The van der Waals surface area contributed by atoms with Crippen LogP contribution in [0.5, 0.6) is 0 Å². The van der Waals surface area contributed by atoms with Crippen molar-refractivity contribution >= 4 is 28.6 Å². The summed E-state index contributed by atoms with van der Waals surface area (Å²) in [5.74, 6) is -0.423. The minimum absolute atomic E-state index is 0.108. The molecule has 1 amide bonds. The number of para-hydroxylation sites is 1. The van der Waals surface area contributed by atoms with Crippen LogP contribution in [0.4, 0.5) is 5.82 Å². The number of amides is 1. The molecular formula is C23H20N4O4. The monoisotopic (exact) mass is 416 g/mol. The number of esters is 1. The van der Waals surface area contributed by atoms with E-state index in [9.17, 15) is 9.59 Å². The number of hydrogen-bond donors (Lipinski definition) is 2. The van der Waals surface area contributed by atoms with Crippen molar-refractivity contribution < 1.29 is 18.7 Å². The fourth-order valence-corrected chi connectivity index (χ4v) is 3.13. The minimum Gasteiger partial charge on any atom is -0.459 e. The van der Waals surface area contributed by atoms with Crippen LogP contribution in [0.15, 0.2) is 77.4 Å². The average Bonchev–Trinajstić information content (AvgIpc) is 3.33. The largest absolute Gasteiger partial charge is 0.459 e. The molecule has 0 fully saturated rings. The Labute approximate surface area is 178 Å². The maximum atomic E-state index is 12.8. The number of nitrogens with zero attached hydrogens (tertiary/aromatic N) is 2. The molecule has 0 saturated carbocycles. The van der Waals surface area contributed by atoms with Gasteiger partial charge in [-0.15, -0.1) is 0 Å². The molecule has 8 nitrogen and oxygen atoms in total. The van der Waals surface area contributed by atoms with Crippen molar-refractivity contribution in [1.82, 2.24) is 15.3 Å². The zero-order chi connectivity index (χ0) is 21.6. The molecule has 31 heavy (non-hydrogen) atoms. The molecular weight excluding hydrogens is 396 g/mol. The molecule has 0 bridgehead atoms. The van der Waals surface area contributed by atoms with Crippen LogP contribution in [0.3, 0.4) is 0 Å². The third kappa shape index (κ3) is 4.87. The van der Waals surface area contributed by atoms with Gasteiger partial charge in [0.25, 0.3) is 5.91 Å². The van der Waals surface area contributed by atoms with E-state index in [1.165, 1.54) is 12.3 Å². The maximum Gasteiger partial charge on any atom is 0.329 e. The Balaban J connectivity index is 1.49. The smallest absolute Gasteiger partial charge is 0.329 e. The van der Waals surface area contributed by atoms with E-state index in [-0.39, 0.29) is 24.6 Å². The summed E-state index contributed by atoms with van der Waals surface area (Å²) in [6.45, 7) is -0.171. The number of nitrogens with two attached hydrogens (primary N) is 1. The molecule has 0 unspecified atom stereocenters. The lowest BCUT2D eigenvalue weighted by molar-refractivity contribution is -0.147. The molecule has 2 aromatic heterocycles. The third-order valence-corrected chi connectivity index (χ3v) is 4.64. The summed E-state index contributed by atoms with van der Waals surface area (Å²) in [6, 6.07) is 18.8. The second kappa shape index (κ2) is 9.08. The summed E-state index contributed by atoms with van der Waals surface area (Å²) in [6.07, 6.45) is 1.65. The van der Waals surface area contributed by atoms with E-state index in [1.807, 2.05) is 48.5 Å². The standard InChI is InChI=1S/C23H20N4O4/c24-21-16-9-4-5-10-17(16)25-20(27-21)14-31-23(29)18(13-15-7-2-1-3-8-15)26-22(28)19-11-6-12-30-19/h1-12,18H,13-14H2,(H,26,28)(H2,24,25,27)/t18-/m0/s1. The number of rotatable bonds is 7. The minimum atomic E-state index is -0.919. The highest BCUT2D eigenvalue weighted by atomic mass is 16.5. The Morgan fingerprint density at radius 2 is 1.77 bits per heavy atom. The van der Waals surface area contributed by atoms with Gasteiger partial charge < -0.3 is 20.2 Å². The van der Waals surface area contributed by atoms with Gasteiger partial charge in [0.1, 0.15) is 11.9 Å². The lowest BCUT2D eigenvalue weighted by Crippen LogP contribution is -2.43. The van der Waals surface area contributed by atoms with Gasteiger partial charge in [-0.25, -0.2) is 14.8 Å². The second-order valence-corrected chi connectivity index (χ2v) is 6.84. The molecule has 2 aromatic carbocycles. The highest BCUT2D eigenvalue weighted by Crippen LogP contribution is 2.17. The fraction of sp³-hybridized carbons (Fsp3) is 0.130. The number of aromatic nitrogens is 2. The summed E-state index contributed by atoms with van der Waals surface area (Å²) in [7, 11) is 0. The number of nitrogen functional groups attached to an aromatic ring is 1. The molecule has 2 heterocycles. The molecule has 0 radical (unpaired) electrons. The molecule has 156 valence electrons. The van der Waals surface area contributed by atoms with Crippen molar-refractivity contribution in [3.63, 3.8) is 0 Å². The van der Waals surface area contributed by atoms with Gasteiger partial charge in [0.15, 0.2) is 18.2 Å². The average molecular weight is 416 g/mol. The zero-order valence-corrected chi connectivity index (χ0v) is 16.5. The van der Waals surface area contributed by atoms with Gasteiger partial charge in [0.2, 0.25) is 0 Å². The molecule has 0 aliphatic carbocycles. The second-order valence-electron chi connectivity index (χ2n) is 6.84. The van der Waals surface area contributed by atoms with Crippen molar-refractivity contribution in [1.29, 1.82) is 0 Å². The third-order valence-electron chi connectivity index (χ3n) is 4.64. The number of furan rings is 1. The number of ether oxygens (including phenoxy) is 1. The van der Waals surface area contributed by atoms with E-state index in [4.69, 9.17) is 14.9 Å². The Kier molecular flexibility index (Phi) is 5.89. The Hall–Kier alpha value is -4.20. The quantitative estimate of drug-likeness (QED) is 0.444. The van der Waals surface area contributed by atoms with Gasteiger partial charge in [0.05, 0.1) is 11.8 Å². The van der Waals surface area contributed by atoms with Gasteiger partial charge in [-0.1, -0.05) is 42.5 Å². The first-order chi connectivity index (χ1) is 15.1. The predicted octanol–water partition coefficient (Wildman–Crippen LogP) is 2.89. The van der Waals surface area contributed by atoms with E-state index >= 15 is 0 Å². The molecule has 0 aliphatic heterocycles. The highest BCUT2D eigenvalue weighted by molar-refractivity contribution is 5.94. The Bertz CT molecular complexity index is 1190. The number of benzene rings is 2. The lowest BCUT2D eigenvalue weighted by atomic mass is 10.1. The molecule has 0 saturated heterocycles. The fourth-order valence-electron chi connectivity index (χ4n) is 3.13. The summed E-state index contributed by atoms with van der Waals surface area (Å²) >= 11 is 0. The number of fused-ring (bicyclic) bond motifs is 1. The van der Waals surface area contributed by atoms with E-state index in [0.717, 1.165) is 10.9 Å². The summed E-state index contributed by atoms with van der Waals surface area (Å²) in [4.78, 5) is 33.8. The van der Waals surface area contributed by atoms with E-state index in [0.29, 0.717) is 11.3 Å². The van der Waals surface area contributed by atoms with Gasteiger partial charge in [-0.3, -0.25) is 4.79 Å². The first-order valence-electron chi connectivity index (χ1n) is 9.66. The summed E-state index contributed by atoms with van der Waals surface area (Å²) < 4.78 is 10.5. The highest BCUT2D eigenvalue weighted by Gasteiger charge is 2.25. The predicted molar refractivity (Wildman–Crippen MR) is 114 cm³/mol. The van der Waals surface area contributed by atoms with Crippen LogP contribution in [0.25, 0.3) is 10.9 Å². The van der Waals surface area contributed by atoms with Crippen molar-refractivity contribution in [3.8, 4) is 0 Å². The molecule has 0 spiro atoms. The first-order valence-corrected chi connectivity index (χ1v) is 9.66. The van der Waals surface area contributed by atoms with Crippen LogP contribution in [-0.4, -0.2) is 27.9 Å². The number of carbonyl (C=O) groups is 2. The lowest BCUT2D eigenvalue weighted by Gasteiger charge is -2.17. The van der Waals surface area contributed by atoms with Crippen LogP contribution in [0.1, 0.15) is 21.9 Å². The normalized spacial score (nSPS) is 11.7. The van der Waals surface area contributed by atoms with Gasteiger partial charge in [-0.2, -0.15) is 0 Å². The van der Waals surface area contributed by atoms with Crippen molar-refractivity contribution in [3.05, 3.63) is 90.1 Å². The van der Waals surface area contributed by atoms with Crippen LogP contribution in [-0.2, 0) is 22.6 Å². The molecule has 3 N–H and O–H groups in total. The van der Waals surface area contributed by atoms with Crippen molar-refractivity contribution in [2.75, 3.05) is 5.73 Å². The first kappa shape index (κ1) is 20.1. The maximum absolute atomic E-state index is 12.8. The molecule has 1 atom stereocenters. The molecule has 8 heteroatoms. The molecule has 0 aliphatic rings. The number of carbonyl (C=O) groups excluding carboxylic acids is 2. The molecule has 4 aromatic rings. The summed E-state index contributed by atoms with van der Waals surface area (Å²) in [5, 5.41) is 3.40.